The fourth-order valence-electron chi connectivity index (χ4n) is 5.04. The second-order valence-electron chi connectivity index (χ2n) is 12.0. The number of carbonyl (C=O) groups excluding carboxylic acids is 4. The number of halogens is 3. The lowest BCUT2D eigenvalue weighted by molar-refractivity contribution is -0.806. The largest absolute Gasteiger partial charge is 0.524 e. The molecule has 0 saturated carbocycles. The topological polar surface area (TPSA) is 108 Å². The van der Waals surface area contributed by atoms with Crippen molar-refractivity contribution < 1.29 is 37.9 Å². The highest BCUT2D eigenvalue weighted by Crippen LogP contribution is 2.31. The van der Waals surface area contributed by atoms with Crippen molar-refractivity contribution in [3.8, 4) is 0 Å². The average molecular weight is 665 g/mol. The molecule has 1 N–H and O–H groups in total. The normalized spacial score (nSPS) is 19.7. The molecule has 242 valence electrons. The number of piperazine rings is 1. The summed E-state index contributed by atoms with van der Waals surface area (Å²) >= 11 is 17.3. The van der Waals surface area contributed by atoms with Crippen molar-refractivity contribution in [2.75, 3.05) is 26.2 Å². The maximum absolute atomic E-state index is 14.6. The molecular formula is C31H46Cl3N2O7+. The lowest BCUT2D eigenvalue weighted by atomic mass is 9.92. The van der Waals surface area contributed by atoms with Gasteiger partial charge >= 0.3 is 23.9 Å². The third kappa shape index (κ3) is 12.5. The minimum absolute atomic E-state index is 0.0139. The van der Waals surface area contributed by atoms with Crippen LogP contribution in [0.5, 0.6) is 0 Å². The van der Waals surface area contributed by atoms with Gasteiger partial charge in [0.15, 0.2) is 0 Å². The van der Waals surface area contributed by atoms with E-state index in [0.29, 0.717) is 12.8 Å². The molecule has 1 heterocycles. The van der Waals surface area contributed by atoms with Gasteiger partial charge in [-0.15, -0.1) is 4.48 Å². The standard InChI is InChI=1S/C31H46Cl3N2O7/c1-5-6-7-8-9-13-16-24(19-26(37)42-22-31(32,33)34)27(38)36(29(40)43-30(2,3)4)18-17-35-20-25(36)28(39)41-21-23-14-11-10-12-15-23/h10-12,14-15,24-25,35H,5-9,13,16-22H2,1-4H3/q+1/t24-,25?,36-/m1/s1. The maximum atomic E-state index is 14.6. The van der Waals surface area contributed by atoms with Gasteiger partial charge in [0.2, 0.25) is 9.83 Å². The Kier molecular flexibility index (Phi) is 15.2. The first kappa shape index (κ1) is 37.3. The van der Waals surface area contributed by atoms with Gasteiger partial charge in [0, 0.05) is 6.54 Å². The first-order chi connectivity index (χ1) is 20.2. The van der Waals surface area contributed by atoms with Crippen LogP contribution < -0.4 is 5.32 Å². The second kappa shape index (κ2) is 17.5. The fraction of sp³-hybridized carbons (Fsp3) is 0.677. The predicted octanol–water partition coefficient (Wildman–Crippen LogP) is 6.65. The molecule has 0 spiro atoms. The Balaban J connectivity index is 2.41. The molecule has 0 aliphatic carbocycles. The lowest BCUT2D eigenvalue weighted by Crippen LogP contribution is -2.74. The smallest absolute Gasteiger partial charge is 0.461 e. The number of unbranched alkanes of at least 4 members (excludes halogenated alkanes) is 5. The van der Waals surface area contributed by atoms with Crippen molar-refractivity contribution in [3.63, 3.8) is 0 Å². The van der Waals surface area contributed by atoms with Gasteiger partial charge in [0.25, 0.3) is 0 Å². The number of rotatable bonds is 14. The van der Waals surface area contributed by atoms with Crippen molar-refractivity contribution >= 4 is 58.7 Å². The Bertz CT molecular complexity index is 1060. The Hall–Kier alpha value is -1.91. The molecule has 0 bridgehead atoms. The Morgan fingerprint density at radius 2 is 1.63 bits per heavy atom. The van der Waals surface area contributed by atoms with Gasteiger partial charge in [-0.05, 0) is 32.8 Å². The average Bonchev–Trinajstić information content (AvgIpc) is 2.94. The highest BCUT2D eigenvalue weighted by atomic mass is 35.6. The highest BCUT2D eigenvalue weighted by molar-refractivity contribution is 6.67. The zero-order chi connectivity index (χ0) is 32.1. The van der Waals surface area contributed by atoms with Crippen molar-refractivity contribution in [3.05, 3.63) is 35.9 Å². The number of alkyl halides is 3. The fourth-order valence-corrected chi connectivity index (χ4v) is 5.21. The molecule has 1 saturated heterocycles. The molecule has 1 fully saturated rings. The summed E-state index contributed by atoms with van der Waals surface area (Å²) < 4.78 is 13.8. The van der Waals surface area contributed by atoms with E-state index < -0.39 is 56.4 Å². The molecule has 1 aliphatic heterocycles. The third-order valence-electron chi connectivity index (χ3n) is 7.18. The molecule has 9 nitrogen and oxygen atoms in total. The van der Waals surface area contributed by atoms with Gasteiger partial charge < -0.3 is 19.5 Å². The van der Waals surface area contributed by atoms with Gasteiger partial charge in [0.05, 0.1) is 18.9 Å². The summed E-state index contributed by atoms with van der Waals surface area (Å²) in [5, 5.41) is 3.12. The minimum Gasteiger partial charge on any atom is -0.461 e. The van der Waals surface area contributed by atoms with Crippen molar-refractivity contribution in [2.45, 2.75) is 101 Å². The number of ether oxygens (including phenoxy) is 3. The van der Waals surface area contributed by atoms with Gasteiger partial charge in [-0.2, -0.15) is 4.79 Å². The van der Waals surface area contributed by atoms with Crippen molar-refractivity contribution in [1.29, 1.82) is 0 Å². The first-order valence-corrected chi connectivity index (χ1v) is 16.1. The highest BCUT2D eigenvalue weighted by Gasteiger charge is 2.60. The number of carbonyl (C=O) groups is 4. The van der Waals surface area contributed by atoms with E-state index in [9.17, 15) is 19.2 Å². The van der Waals surface area contributed by atoms with E-state index in [-0.39, 0.29) is 32.7 Å². The summed E-state index contributed by atoms with van der Waals surface area (Å²) in [6, 6.07) is 7.90. The van der Waals surface area contributed by atoms with Crippen LogP contribution in [-0.2, 0) is 35.2 Å². The zero-order valence-electron chi connectivity index (χ0n) is 25.7. The summed E-state index contributed by atoms with van der Waals surface area (Å²) in [5.41, 5.74) is -0.177. The molecule has 1 unspecified atom stereocenters. The van der Waals surface area contributed by atoms with E-state index in [0.717, 1.165) is 37.7 Å². The van der Waals surface area contributed by atoms with Crippen LogP contribution in [0.15, 0.2) is 30.3 Å². The van der Waals surface area contributed by atoms with Crippen LogP contribution >= 0.6 is 34.8 Å². The van der Waals surface area contributed by atoms with E-state index in [4.69, 9.17) is 49.0 Å². The molecule has 2 rings (SSSR count). The van der Waals surface area contributed by atoms with Gasteiger partial charge in [-0.3, -0.25) is 4.79 Å². The van der Waals surface area contributed by atoms with Gasteiger partial charge in [-0.25, -0.2) is 9.59 Å². The number of quaternary nitrogens is 1. The first-order valence-electron chi connectivity index (χ1n) is 15.0. The molecule has 2 amide bonds. The molecular weight excluding hydrogens is 619 g/mol. The SMILES string of the molecule is CCCCCCCC[C@H](CC(=O)OCC(Cl)(Cl)Cl)C(=O)[N@@+]1(C(=O)OC(C)(C)C)CCNCC1C(=O)OCc1ccccc1. The third-order valence-corrected chi connectivity index (χ3v) is 7.51. The second-order valence-corrected chi connectivity index (χ2v) is 14.5. The summed E-state index contributed by atoms with van der Waals surface area (Å²) in [6.45, 7) is 6.94. The number of hydrogen-bond acceptors (Lipinski definition) is 8. The van der Waals surface area contributed by atoms with E-state index in [2.05, 4.69) is 12.2 Å². The Morgan fingerprint density at radius 1 is 0.977 bits per heavy atom. The van der Waals surface area contributed by atoms with Gasteiger partial charge in [-0.1, -0.05) is 111 Å². The van der Waals surface area contributed by atoms with Crippen LogP contribution in [-0.4, -0.2) is 70.1 Å². The summed E-state index contributed by atoms with van der Waals surface area (Å²) in [4.78, 5) is 55.0. The molecule has 1 aromatic carbocycles. The Labute approximate surface area is 270 Å². The van der Waals surface area contributed by atoms with Crippen LogP contribution in [0, 0.1) is 5.92 Å². The molecule has 0 radical (unpaired) electrons. The number of amides is 2. The number of nitrogens with zero attached hydrogens (tertiary/aromatic N) is 1. The molecule has 1 aliphatic rings. The minimum atomic E-state index is -1.81. The zero-order valence-corrected chi connectivity index (χ0v) is 27.9. The number of nitrogens with one attached hydrogen (secondary N) is 1. The van der Waals surface area contributed by atoms with Gasteiger partial charge in [0.1, 0.15) is 25.4 Å². The van der Waals surface area contributed by atoms with Crippen LogP contribution in [0.25, 0.3) is 0 Å². The quantitative estimate of drug-likeness (QED) is 0.0775. The Morgan fingerprint density at radius 3 is 2.26 bits per heavy atom. The molecule has 1 aromatic rings. The van der Waals surface area contributed by atoms with Crippen LogP contribution in [0.1, 0.15) is 84.6 Å². The summed E-state index contributed by atoms with van der Waals surface area (Å²) in [7, 11) is 0. The number of esters is 2. The number of benzene rings is 1. The monoisotopic (exact) mass is 663 g/mol. The number of hydrogen-bond donors (Lipinski definition) is 1. The van der Waals surface area contributed by atoms with Crippen molar-refractivity contribution in [1.82, 2.24) is 5.32 Å². The maximum Gasteiger partial charge on any atom is 0.524 e. The summed E-state index contributed by atoms with van der Waals surface area (Å²) in [5.74, 6) is -2.98. The van der Waals surface area contributed by atoms with Crippen molar-refractivity contribution in [2.24, 2.45) is 5.92 Å². The van der Waals surface area contributed by atoms with E-state index in [1.807, 2.05) is 30.3 Å². The summed E-state index contributed by atoms with van der Waals surface area (Å²) in [6.07, 6.45) is 4.88. The lowest BCUT2D eigenvalue weighted by Gasteiger charge is -2.42. The van der Waals surface area contributed by atoms with Crippen LogP contribution in [0.4, 0.5) is 4.79 Å². The van der Waals surface area contributed by atoms with E-state index >= 15 is 0 Å². The molecule has 0 aromatic heterocycles. The predicted molar refractivity (Wildman–Crippen MR) is 167 cm³/mol. The molecule has 12 heteroatoms. The number of imide groups is 1. The van der Waals surface area contributed by atoms with Crippen LogP contribution in [0.3, 0.4) is 0 Å². The molecule has 3 atom stereocenters. The van der Waals surface area contributed by atoms with E-state index in [1.54, 1.807) is 20.8 Å². The van der Waals surface area contributed by atoms with E-state index in [1.165, 1.54) is 0 Å². The molecule has 43 heavy (non-hydrogen) atoms. The van der Waals surface area contributed by atoms with Crippen LogP contribution in [0.2, 0.25) is 0 Å².